The highest BCUT2D eigenvalue weighted by atomic mass is 16.5. The maximum Gasteiger partial charge on any atom is 0.263 e. The highest BCUT2D eigenvalue weighted by Crippen LogP contribution is 2.19. The minimum absolute atomic E-state index is 0.0185. The minimum atomic E-state index is -0.554. The van der Waals surface area contributed by atoms with E-state index in [-0.39, 0.29) is 11.8 Å². The van der Waals surface area contributed by atoms with Crippen molar-refractivity contribution in [2.45, 2.75) is 46.3 Å². The molecule has 1 saturated heterocycles. The first-order chi connectivity index (χ1) is 12.3. The van der Waals surface area contributed by atoms with Crippen LogP contribution in [0.5, 0.6) is 5.75 Å². The molecule has 0 saturated carbocycles. The van der Waals surface area contributed by atoms with E-state index in [0.29, 0.717) is 38.5 Å². The van der Waals surface area contributed by atoms with E-state index in [1.165, 1.54) is 0 Å². The zero-order valence-electron chi connectivity index (χ0n) is 16.3. The number of nitrogens with zero attached hydrogens (tertiary/aromatic N) is 2. The van der Waals surface area contributed by atoms with E-state index in [0.717, 1.165) is 11.3 Å². The summed E-state index contributed by atoms with van der Waals surface area (Å²) in [6.07, 6.45) is 0.126. The summed E-state index contributed by atoms with van der Waals surface area (Å²) in [5.41, 5.74) is 7.00. The molecule has 1 unspecified atom stereocenters. The van der Waals surface area contributed by atoms with Crippen molar-refractivity contribution in [3.8, 4) is 5.75 Å². The number of para-hydroxylation sites is 1. The molecule has 0 aliphatic carbocycles. The average Bonchev–Trinajstić information content (AvgIpc) is 2.62. The van der Waals surface area contributed by atoms with Crippen molar-refractivity contribution in [2.75, 3.05) is 26.2 Å². The molecule has 0 bridgehead atoms. The Morgan fingerprint density at radius 2 is 1.58 bits per heavy atom. The quantitative estimate of drug-likeness (QED) is 0.838. The molecular weight excluding hydrogens is 330 g/mol. The Bertz CT molecular complexity index is 624. The molecule has 0 aromatic heterocycles. The fourth-order valence-corrected chi connectivity index (χ4v) is 3.18. The summed E-state index contributed by atoms with van der Waals surface area (Å²) in [6, 6.07) is 7.20. The van der Waals surface area contributed by atoms with Gasteiger partial charge in [0, 0.05) is 26.2 Å². The van der Waals surface area contributed by atoms with Gasteiger partial charge in [-0.15, -0.1) is 0 Å². The van der Waals surface area contributed by atoms with Crippen LogP contribution in [0.25, 0.3) is 0 Å². The number of rotatable bonds is 6. The standard InChI is InChI=1S/C20H31N3O3/c1-14(2)13-17(21)20(25)23-11-9-22(10-12-23)19(24)16(4)26-18-8-6-5-7-15(18)3/h5-8,14,16-17H,9-13,21H2,1-4H3/t16?,17-/m0/s1. The first kappa shape index (κ1) is 20.2. The summed E-state index contributed by atoms with van der Waals surface area (Å²) in [4.78, 5) is 28.6. The molecule has 1 aromatic carbocycles. The number of benzene rings is 1. The Morgan fingerprint density at radius 1 is 1.04 bits per heavy atom. The zero-order valence-corrected chi connectivity index (χ0v) is 16.3. The maximum atomic E-state index is 12.6. The molecule has 1 aliphatic heterocycles. The number of hydrogen-bond donors (Lipinski definition) is 1. The van der Waals surface area contributed by atoms with E-state index >= 15 is 0 Å². The smallest absolute Gasteiger partial charge is 0.263 e. The summed E-state index contributed by atoms with van der Waals surface area (Å²) in [5, 5.41) is 0. The van der Waals surface area contributed by atoms with Crippen LogP contribution in [-0.2, 0) is 9.59 Å². The number of aryl methyl sites for hydroxylation is 1. The van der Waals surface area contributed by atoms with Crippen LogP contribution < -0.4 is 10.5 Å². The number of piperazine rings is 1. The molecule has 1 fully saturated rings. The van der Waals surface area contributed by atoms with Crippen LogP contribution in [0.2, 0.25) is 0 Å². The molecule has 2 amide bonds. The van der Waals surface area contributed by atoms with Gasteiger partial charge in [-0.2, -0.15) is 0 Å². The number of carbonyl (C=O) groups is 2. The van der Waals surface area contributed by atoms with E-state index in [1.807, 2.05) is 31.2 Å². The lowest BCUT2D eigenvalue weighted by atomic mass is 10.0. The third-order valence-corrected chi connectivity index (χ3v) is 4.69. The third-order valence-electron chi connectivity index (χ3n) is 4.69. The second kappa shape index (κ2) is 9.03. The van der Waals surface area contributed by atoms with Gasteiger partial charge in [-0.1, -0.05) is 32.0 Å². The summed E-state index contributed by atoms with van der Waals surface area (Å²) < 4.78 is 5.82. The van der Waals surface area contributed by atoms with E-state index in [9.17, 15) is 9.59 Å². The molecule has 2 N–H and O–H groups in total. The lowest BCUT2D eigenvalue weighted by Crippen LogP contribution is -2.56. The summed E-state index contributed by atoms with van der Waals surface area (Å²) >= 11 is 0. The maximum absolute atomic E-state index is 12.6. The molecule has 0 spiro atoms. The Kier molecular flexibility index (Phi) is 7.03. The van der Waals surface area contributed by atoms with Crippen LogP contribution in [0.3, 0.4) is 0 Å². The third kappa shape index (κ3) is 5.21. The predicted molar refractivity (Wildman–Crippen MR) is 102 cm³/mol. The lowest BCUT2D eigenvalue weighted by Gasteiger charge is -2.37. The van der Waals surface area contributed by atoms with Gasteiger partial charge < -0.3 is 20.3 Å². The number of ether oxygens (including phenoxy) is 1. The molecule has 6 nitrogen and oxygen atoms in total. The fourth-order valence-electron chi connectivity index (χ4n) is 3.18. The Balaban J connectivity index is 1.86. The topological polar surface area (TPSA) is 75.9 Å². The number of carbonyl (C=O) groups excluding carboxylic acids is 2. The molecule has 2 atom stereocenters. The van der Waals surface area contributed by atoms with Crippen LogP contribution in [0.1, 0.15) is 32.8 Å². The van der Waals surface area contributed by atoms with Crippen molar-refractivity contribution in [1.29, 1.82) is 0 Å². The second-order valence-electron chi connectivity index (χ2n) is 7.41. The Labute approximate surface area is 156 Å². The van der Waals surface area contributed by atoms with Crippen LogP contribution in [0.15, 0.2) is 24.3 Å². The van der Waals surface area contributed by atoms with Gasteiger partial charge in [0.2, 0.25) is 5.91 Å². The fraction of sp³-hybridized carbons (Fsp3) is 0.600. The molecule has 6 heteroatoms. The van der Waals surface area contributed by atoms with Crippen molar-refractivity contribution in [2.24, 2.45) is 11.7 Å². The zero-order chi connectivity index (χ0) is 19.3. The molecule has 1 heterocycles. The average molecular weight is 361 g/mol. The predicted octanol–water partition coefficient (Wildman–Crippen LogP) is 1.81. The van der Waals surface area contributed by atoms with Crippen molar-refractivity contribution in [1.82, 2.24) is 9.80 Å². The van der Waals surface area contributed by atoms with Gasteiger partial charge in [0.1, 0.15) is 5.75 Å². The molecule has 26 heavy (non-hydrogen) atoms. The minimum Gasteiger partial charge on any atom is -0.481 e. The molecule has 1 aromatic rings. The van der Waals surface area contributed by atoms with E-state index in [4.69, 9.17) is 10.5 Å². The highest BCUT2D eigenvalue weighted by molar-refractivity contribution is 5.83. The van der Waals surface area contributed by atoms with Gasteiger partial charge >= 0.3 is 0 Å². The first-order valence-electron chi connectivity index (χ1n) is 9.35. The van der Waals surface area contributed by atoms with E-state index in [2.05, 4.69) is 13.8 Å². The Hall–Kier alpha value is -2.08. The Morgan fingerprint density at radius 3 is 2.12 bits per heavy atom. The normalized spacial score (nSPS) is 17.2. The van der Waals surface area contributed by atoms with Gasteiger partial charge in [0.25, 0.3) is 5.91 Å². The lowest BCUT2D eigenvalue weighted by molar-refractivity contribution is -0.144. The summed E-state index contributed by atoms with van der Waals surface area (Å²) in [7, 11) is 0. The van der Waals surface area contributed by atoms with Crippen molar-refractivity contribution >= 4 is 11.8 Å². The van der Waals surface area contributed by atoms with Gasteiger partial charge in [0.05, 0.1) is 6.04 Å². The number of nitrogens with two attached hydrogens (primary N) is 1. The highest BCUT2D eigenvalue weighted by Gasteiger charge is 2.30. The number of amides is 2. The van der Waals surface area contributed by atoms with Crippen molar-refractivity contribution < 1.29 is 14.3 Å². The second-order valence-corrected chi connectivity index (χ2v) is 7.41. The SMILES string of the molecule is Cc1ccccc1OC(C)C(=O)N1CCN(C(=O)[C@@H](N)CC(C)C)CC1. The van der Waals surface area contributed by atoms with Crippen LogP contribution in [0.4, 0.5) is 0 Å². The van der Waals surface area contributed by atoms with Crippen molar-refractivity contribution in [3.05, 3.63) is 29.8 Å². The molecule has 2 rings (SSSR count). The van der Waals surface area contributed by atoms with Gasteiger partial charge in [-0.25, -0.2) is 0 Å². The summed E-state index contributed by atoms with van der Waals surface area (Å²) in [6.45, 7) is 9.91. The molecule has 0 radical (unpaired) electrons. The van der Waals surface area contributed by atoms with E-state index in [1.54, 1.807) is 16.7 Å². The summed E-state index contributed by atoms with van der Waals surface area (Å²) in [5.74, 6) is 1.04. The van der Waals surface area contributed by atoms with Gasteiger partial charge in [0.15, 0.2) is 6.10 Å². The van der Waals surface area contributed by atoms with E-state index < -0.39 is 12.1 Å². The van der Waals surface area contributed by atoms with Gasteiger partial charge in [-0.05, 0) is 37.8 Å². The molecule has 1 aliphatic rings. The molecular formula is C20H31N3O3. The van der Waals surface area contributed by atoms with Crippen molar-refractivity contribution in [3.63, 3.8) is 0 Å². The molecule has 144 valence electrons. The van der Waals surface area contributed by atoms with Gasteiger partial charge in [-0.3, -0.25) is 9.59 Å². The van der Waals surface area contributed by atoms with Crippen LogP contribution in [-0.4, -0.2) is 59.9 Å². The van der Waals surface area contributed by atoms with Crippen LogP contribution >= 0.6 is 0 Å². The van der Waals surface area contributed by atoms with Crippen LogP contribution in [0, 0.1) is 12.8 Å². The largest absolute Gasteiger partial charge is 0.481 e. The monoisotopic (exact) mass is 361 g/mol. The first-order valence-corrected chi connectivity index (χ1v) is 9.35. The number of hydrogen-bond acceptors (Lipinski definition) is 4.